The summed E-state index contributed by atoms with van der Waals surface area (Å²) in [5, 5.41) is 2.09. The normalized spacial score (nSPS) is 10.1. The molecule has 0 saturated heterocycles. The van der Waals surface area contributed by atoms with E-state index < -0.39 is 29.8 Å². The van der Waals surface area contributed by atoms with Crippen LogP contribution in [-0.4, -0.2) is 18.8 Å². The molecule has 0 spiro atoms. The maximum absolute atomic E-state index is 13.4. The standard InChI is InChI=1S/C15H10BrF2NO3/c16-10-4-5-13(9(6-10)7-20)22-8-14(21)19-15-11(17)2-1-3-12(15)18/h1-7H,8H2,(H,19,21). The molecule has 0 aliphatic carbocycles. The molecule has 0 radical (unpaired) electrons. The van der Waals surface area contributed by atoms with Gasteiger partial charge in [-0.2, -0.15) is 0 Å². The van der Waals surface area contributed by atoms with Gasteiger partial charge < -0.3 is 10.1 Å². The number of ether oxygens (including phenoxy) is 1. The number of halogens is 3. The number of para-hydroxylation sites is 1. The third-order valence-corrected chi connectivity index (χ3v) is 3.18. The molecular weight excluding hydrogens is 360 g/mol. The Kier molecular flexibility index (Phi) is 5.21. The molecule has 0 heterocycles. The van der Waals surface area contributed by atoms with Gasteiger partial charge in [-0.15, -0.1) is 0 Å². The highest BCUT2D eigenvalue weighted by Crippen LogP contribution is 2.22. The first-order valence-electron chi connectivity index (χ1n) is 6.12. The summed E-state index contributed by atoms with van der Waals surface area (Å²) in [6.07, 6.45) is 0.578. The number of rotatable bonds is 5. The Morgan fingerprint density at radius 1 is 1.23 bits per heavy atom. The lowest BCUT2D eigenvalue weighted by molar-refractivity contribution is -0.118. The summed E-state index contributed by atoms with van der Waals surface area (Å²) in [4.78, 5) is 22.6. The molecule has 0 bridgehead atoms. The molecular formula is C15H10BrF2NO3. The summed E-state index contributed by atoms with van der Waals surface area (Å²) in [5.41, 5.74) is -0.290. The van der Waals surface area contributed by atoms with Crippen LogP contribution in [0.5, 0.6) is 5.75 Å². The first-order chi connectivity index (χ1) is 10.5. The van der Waals surface area contributed by atoms with Crippen LogP contribution >= 0.6 is 15.9 Å². The Balaban J connectivity index is 2.03. The van der Waals surface area contributed by atoms with Crippen LogP contribution in [0.1, 0.15) is 10.4 Å². The fraction of sp³-hybridized carbons (Fsp3) is 0.0667. The summed E-state index contributed by atoms with van der Waals surface area (Å²) >= 11 is 3.20. The third-order valence-electron chi connectivity index (χ3n) is 2.68. The van der Waals surface area contributed by atoms with Crippen molar-refractivity contribution in [2.24, 2.45) is 0 Å². The predicted octanol–water partition coefficient (Wildman–Crippen LogP) is 3.56. The van der Waals surface area contributed by atoms with Crippen LogP contribution in [0.2, 0.25) is 0 Å². The van der Waals surface area contributed by atoms with Crippen LogP contribution in [0.4, 0.5) is 14.5 Å². The first-order valence-corrected chi connectivity index (χ1v) is 6.92. The Labute approximate surface area is 133 Å². The van der Waals surface area contributed by atoms with Crippen LogP contribution < -0.4 is 10.1 Å². The zero-order valence-electron chi connectivity index (χ0n) is 11.1. The second-order valence-electron chi connectivity index (χ2n) is 4.23. The Hall–Kier alpha value is -2.28. The second-order valence-corrected chi connectivity index (χ2v) is 5.15. The zero-order chi connectivity index (χ0) is 16.1. The second kappa shape index (κ2) is 7.13. The van der Waals surface area contributed by atoms with Gasteiger partial charge in [-0.05, 0) is 30.3 Å². The molecule has 0 saturated carbocycles. The monoisotopic (exact) mass is 369 g/mol. The number of hydrogen-bond donors (Lipinski definition) is 1. The molecule has 2 rings (SSSR count). The summed E-state index contributed by atoms with van der Waals surface area (Å²) in [7, 11) is 0. The van der Waals surface area contributed by atoms with Crippen molar-refractivity contribution in [3.8, 4) is 5.75 Å². The van der Waals surface area contributed by atoms with E-state index in [9.17, 15) is 18.4 Å². The number of amides is 1. The van der Waals surface area contributed by atoms with Crippen molar-refractivity contribution in [1.29, 1.82) is 0 Å². The minimum atomic E-state index is -0.884. The molecule has 0 fully saturated rings. The number of nitrogens with one attached hydrogen (secondary N) is 1. The van der Waals surface area contributed by atoms with Crippen LogP contribution in [0, 0.1) is 11.6 Å². The average molecular weight is 370 g/mol. The lowest BCUT2D eigenvalue weighted by atomic mass is 10.2. The van der Waals surface area contributed by atoms with E-state index in [-0.39, 0.29) is 11.3 Å². The summed E-state index contributed by atoms with van der Waals surface area (Å²) in [5.74, 6) is -2.32. The zero-order valence-corrected chi connectivity index (χ0v) is 12.7. The fourth-order valence-corrected chi connectivity index (χ4v) is 2.06. The van der Waals surface area contributed by atoms with E-state index >= 15 is 0 Å². The number of anilines is 1. The number of benzene rings is 2. The molecule has 2 aromatic rings. The van der Waals surface area contributed by atoms with Crippen molar-refractivity contribution < 1.29 is 23.1 Å². The molecule has 22 heavy (non-hydrogen) atoms. The predicted molar refractivity (Wildman–Crippen MR) is 80.0 cm³/mol. The van der Waals surface area contributed by atoms with Crippen molar-refractivity contribution in [2.75, 3.05) is 11.9 Å². The molecule has 0 aliphatic rings. The van der Waals surface area contributed by atoms with Gasteiger partial charge in [0.05, 0.1) is 5.56 Å². The Morgan fingerprint density at radius 3 is 2.55 bits per heavy atom. The van der Waals surface area contributed by atoms with E-state index in [4.69, 9.17) is 4.74 Å². The van der Waals surface area contributed by atoms with Gasteiger partial charge in [0.15, 0.2) is 12.9 Å². The Bertz CT molecular complexity index is 702. The SMILES string of the molecule is O=Cc1cc(Br)ccc1OCC(=O)Nc1c(F)cccc1F. The lowest BCUT2D eigenvalue weighted by Gasteiger charge is -2.10. The van der Waals surface area contributed by atoms with Crippen LogP contribution in [0.25, 0.3) is 0 Å². The van der Waals surface area contributed by atoms with Crippen molar-refractivity contribution in [2.45, 2.75) is 0 Å². The molecule has 7 heteroatoms. The van der Waals surface area contributed by atoms with Gasteiger partial charge in [0, 0.05) is 4.47 Å². The topological polar surface area (TPSA) is 55.4 Å². The Morgan fingerprint density at radius 2 is 1.91 bits per heavy atom. The average Bonchev–Trinajstić information content (AvgIpc) is 2.49. The number of hydrogen-bond acceptors (Lipinski definition) is 3. The lowest BCUT2D eigenvalue weighted by Crippen LogP contribution is -2.21. The molecule has 114 valence electrons. The van der Waals surface area contributed by atoms with E-state index in [1.165, 1.54) is 18.2 Å². The quantitative estimate of drug-likeness (QED) is 0.819. The number of carbonyl (C=O) groups excluding carboxylic acids is 2. The largest absolute Gasteiger partial charge is 0.483 e. The molecule has 0 atom stereocenters. The highest BCUT2D eigenvalue weighted by molar-refractivity contribution is 9.10. The van der Waals surface area contributed by atoms with Gasteiger partial charge in [0.25, 0.3) is 5.91 Å². The van der Waals surface area contributed by atoms with Gasteiger partial charge in [-0.3, -0.25) is 9.59 Å². The van der Waals surface area contributed by atoms with Crippen molar-refractivity contribution in [3.05, 3.63) is 58.1 Å². The summed E-state index contributed by atoms with van der Waals surface area (Å²) in [6.45, 7) is -0.490. The van der Waals surface area contributed by atoms with E-state index in [2.05, 4.69) is 21.2 Å². The van der Waals surface area contributed by atoms with Crippen LogP contribution in [0.15, 0.2) is 40.9 Å². The maximum Gasteiger partial charge on any atom is 0.262 e. The van der Waals surface area contributed by atoms with Crippen molar-refractivity contribution in [1.82, 2.24) is 0 Å². The number of aldehydes is 1. The first kappa shape index (κ1) is 16.1. The smallest absolute Gasteiger partial charge is 0.262 e. The summed E-state index contributed by atoms with van der Waals surface area (Å²) < 4.78 is 32.6. The van der Waals surface area contributed by atoms with Gasteiger partial charge in [-0.1, -0.05) is 22.0 Å². The molecule has 0 aromatic heterocycles. The highest BCUT2D eigenvalue weighted by Gasteiger charge is 2.13. The van der Waals surface area contributed by atoms with Crippen molar-refractivity contribution in [3.63, 3.8) is 0 Å². The number of carbonyl (C=O) groups is 2. The minimum Gasteiger partial charge on any atom is -0.483 e. The van der Waals surface area contributed by atoms with Gasteiger partial charge >= 0.3 is 0 Å². The van der Waals surface area contributed by atoms with Crippen molar-refractivity contribution >= 4 is 33.8 Å². The van der Waals surface area contributed by atoms with Gasteiger partial charge in [0.1, 0.15) is 23.1 Å². The molecule has 4 nitrogen and oxygen atoms in total. The molecule has 2 aromatic carbocycles. The van der Waals surface area contributed by atoms with E-state index in [0.717, 1.165) is 12.1 Å². The highest BCUT2D eigenvalue weighted by atomic mass is 79.9. The van der Waals surface area contributed by atoms with E-state index in [1.54, 1.807) is 6.07 Å². The maximum atomic E-state index is 13.4. The fourth-order valence-electron chi connectivity index (χ4n) is 1.68. The van der Waals surface area contributed by atoms with Crippen LogP contribution in [0.3, 0.4) is 0 Å². The van der Waals surface area contributed by atoms with E-state index in [1.807, 2.05) is 0 Å². The molecule has 0 unspecified atom stereocenters. The third kappa shape index (κ3) is 3.88. The van der Waals surface area contributed by atoms with Crippen LogP contribution in [-0.2, 0) is 4.79 Å². The van der Waals surface area contributed by atoms with Gasteiger partial charge in [0.2, 0.25) is 0 Å². The van der Waals surface area contributed by atoms with Gasteiger partial charge in [-0.25, -0.2) is 8.78 Å². The molecule has 1 amide bonds. The minimum absolute atomic E-state index is 0.197. The van der Waals surface area contributed by atoms with E-state index in [0.29, 0.717) is 10.8 Å². The summed E-state index contributed by atoms with van der Waals surface area (Å²) in [6, 6.07) is 7.91. The molecule has 0 aliphatic heterocycles. The molecule has 1 N–H and O–H groups in total.